The molecule has 1 aliphatic rings. The summed E-state index contributed by atoms with van der Waals surface area (Å²) in [6.07, 6.45) is 15.5. The van der Waals surface area contributed by atoms with E-state index in [1.807, 2.05) is 0 Å². The van der Waals surface area contributed by atoms with Crippen LogP contribution in [0.5, 0.6) is 0 Å². The SMILES string of the molecule is CCCCCCCCCN(C)CCC1CCCCN1. The molecule has 0 saturated carbocycles. The molecule has 0 aromatic rings. The topological polar surface area (TPSA) is 15.3 Å². The first-order chi connectivity index (χ1) is 9.33. The van der Waals surface area contributed by atoms with Crippen molar-refractivity contribution in [3.05, 3.63) is 0 Å². The quantitative estimate of drug-likeness (QED) is 0.565. The summed E-state index contributed by atoms with van der Waals surface area (Å²) in [5.74, 6) is 0. The fourth-order valence-electron chi connectivity index (χ4n) is 3.00. The molecule has 1 atom stereocenters. The van der Waals surface area contributed by atoms with Crippen LogP contribution in [0, 0.1) is 0 Å². The van der Waals surface area contributed by atoms with E-state index in [4.69, 9.17) is 0 Å². The van der Waals surface area contributed by atoms with Crippen LogP contribution < -0.4 is 5.32 Å². The van der Waals surface area contributed by atoms with Crippen LogP contribution in [0.15, 0.2) is 0 Å². The van der Waals surface area contributed by atoms with Gasteiger partial charge in [0.2, 0.25) is 0 Å². The van der Waals surface area contributed by atoms with E-state index in [1.54, 1.807) is 0 Å². The van der Waals surface area contributed by atoms with Gasteiger partial charge in [0.25, 0.3) is 0 Å². The number of hydrogen-bond acceptors (Lipinski definition) is 2. The molecular formula is C17H36N2. The number of nitrogens with one attached hydrogen (secondary N) is 1. The normalized spacial score (nSPS) is 20.1. The lowest BCUT2D eigenvalue weighted by Crippen LogP contribution is -2.36. The van der Waals surface area contributed by atoms with Crippen molar-refractivity contribution in [1.82, 2.24) is 10.2 Å². The molecule has 1 fully saturated rings. The first-order valence-corrected chi connectivity index (χ1v) is 8.75. The zero-order chi connectivity index (χ0) is 13.8. The Hall–Kier alpha value is -0.0800. The van der Waals surface area contributed by atoms with Gasteiger partial charge in [-0.25, -0.2) is 0 Å². The molecule has 0 radical (unpaired) electrons. The number of nitrogens with zero attached hydrogens (tertiary/aromatic N) is 1. The highest BCUT2D eigenvalue weighted by atomic mass is 15.1. The van der Waals surface area contributed by atoms with E-state index in [0.717, 1.165) is 6.04 Å². The average molecular weight is 268 g/mol. The molecule has 1 unspecified atom stereocenters. The van der Waals surface area contributed by atoms with E-state index in [9.17, 15) is 0 Å². The molecule has 0 aromatic carbocycles. The smallest absolute Gasteiger partial charge is 0.00792 e. The summed E-state index contributed by atoms with van der Waals surface area (Å²) < 4.78 is 0. The van der Waals surface area contributed by atoms with Crippen molar-refractivity contribution in [2.24, 2.45) is 0 Å². The predicted molar refractivity (Wildman–Crippen MR) is 85.7 cm³/mol. The summed E-state index contributed by atoms with van der Waals surface area (Å²) in [5.41, 5.74) is 0. The molecular weight excluding hydrogens is 232 g/mol. The highest BCUT2D eigenvalue weighted by molar-refractivity contribution is 4.73. The van der Waals surface area contributed by atoms with Crippen LogP contribution in [0.25, 0.3) is 0 Å². The van der Waals surface area contributed by atoms with Crippen molar-refractivity contribution in [2.45, 2.75) is 83.6 Å². The van der Waals surface area contributed by atoms with Gasteiger partial charge in [0.05, 0.1) is 0 Å². The lowest BCUT2D eigenvalue weighted by Gasteiger charge is -2.25. The molecule has 1 N–H and O–H groups in total. The number of piperidine rings is 1. The van der Waals surface area contributed by atoms with Crippen LogP contribution in [-0.2, 0) is 0 Å². The summed E-state index contributed by atoms with van der Waals surface area (Å²) in [6, 6.07) is 0.797. The van der Waals surface area contributed by atoms with Crippen LogP contribution in [-0.4, -0.2) is 37.6 Å². The number of unbranched alkanes of at least 4 members (excludes halogenated alkanes) is 6. The van der Waals surface area contributed by atoms with E-state index >= 15 is 0 Å². The van der Waals surface area contributed by atoms with E-state index in [1.165, 1.54) is 90.3 Å². The van der Waals surface area contributed by atoms with Gasteiger partial charge in [0.1, 0.15) is 0 Å². The zero-order valence-corrected chi connectivity index (χ0v) is 13.4. The third kappa shape index (κ3) is 9.45. The molecule has 0 aliphatic carbocycles. The van der Waals surface area contributed by atoms with Crippen LogP contribution in [0.1, 0.15) is 77.6 Å². The largest absolute Gasteiger partial charge is 0.314 e. The van der Waals surface area contributed by atoms with Crippen LogP contribution >= 0.6 is 0 Å². The van der Waals surface area contributed by atoms with Gasteiger partial charge in [-0.1, -0.05) is 51.9 Å². The monoisotopic (exact) mass is 268 g/mol. The summed E-state index contributed by atoms with van der Waals surface area (Å²) >= 11 is 0. The highest BCUT2D eigenvalue weighted by Crippen LogP contribution is 2.11. The number of hydrogen-bond donors (Lipinski definition) is 1. The minimum absolute atomic E-state index is 0.797. The van der Waals surface area contributed by atoms with Crippen molar-refractivity contribution in [3.8, 4) is 0 Å². The van der Waals surface area contributed by atoms with E-state index in [-0.39, 0.29) is 0 Å². The Kier molecular flexibility index (Phi) is 10.5. The van der Waals surface area contributed by atoms with Crippen molar-refractivity contribution >= 4 is 0 Å². The van der Waals surface area contributed by atoms with Gasteiger partial charge < -0.3 is 10.2 Å². The van der Waals surface area contributed by atoms with Crippen molar-refractivity contribution in [1.29, 1.82) is 0 Å². The zero-order valence-electron chi connectivity index (χ0n) is 13.4. The first kappa shape index (κ1) is 17.0. The van der Waals surface area contributed by atoms with E-state index in [0.29, 0.717) is 0 Å². The van der Waals surface area contributed by atoms with Gasteiger partial charge in [-0.05, 0) is 52.4 Å². The maximum Gasteiger partial charge on any atom is 0.00792 e. The molecule has 1 heterocycles. The van der Waals surface area contributed by atoms with Gasteiger partial charge in [0, 0.05) is 6.04 Å². The lowest BCUT2D eigenvalue weighted by molar-refractivity contribution is 0.282. The molecule has 0 spiro atoms. The van der Waals surface area contributed by atoms with Gasteiger partial charge in [-0.2, -0.15) is 0 Å². The average Bonchev–Trinajstić information content (AvgIpc) is 2.45. The Labute approximate surface area is 121 Å². The van der Waals surface area contributed by atoms with Crippen molar-refractivity contribution in [2.75, 3.05) is 26.7 Å². The van der Waals surface area contributed by atoms with Gasteiger partial charge in [-0.3, -0.25) is 0 Å². The maximum atomic E-state index is 3.64. The fourth-order valence-corrected chi connectivity index (χ4v) is 3.00. The molecule has 19 heavy (non-hydrogen) atoms. The van der Waals surface area contributed by atoms with E-state index in [2.05, 4.69) is 24.2 Å². The van der Waals surface area contributed by atoms with Gasteiger partial charge in [-0.15, -0.1) is 0 Å². The molecule has 1 saturated heterocycles. The van der Waals surface area contributed by atoms with Gasteiger partial charge >= 0.3 is 0 Å². The molecule has 2 nitrogen and oxygen atoms in total. The first-order valence-electron chi connectivity index (χ1n) is 8.75. The summed E-state index contributed by atoms with van der Waals surface area (Å²) in [6.45, 7) is 6.09. The second-order valence-corrected chi connectivity index (χ2v) is 6.36. The van der Waals surface area contributed by atoms with Crippen molar-refractivity contribution in [3.63, 3.8) is 0 Å². The Morgan fingerprint density at radius 2 is 1.68 bits per heavy atom. The van der Waals surface area contributed by atoms with Crippen LogP contribution in [0.3, 0.4) is 0 Å². The Morgan fingerprint density at radius 3 is 2.37 bits per heavy atom. The minimum Gasteiger partial charge on any atom is -0.314 e. The molecule has 0 bridgehead atoms. The molecule has 1 aliphatic heterocycles. The third-order valence-electron chi connectivity index (χ3n) is 4.42. The molecule has 114 valence electrons. The number of rotatable bonds is 11. The Balaban J connectivity index is 1.85. The highest BCUT2D eigenvalue weighted by Gasteiger charge is 2.12. The fraction of sp³-hybridized carbons (Fsp3) is 1.00. The summed E-state index contributed by atoms with van der Waals surface area (Å²) in [7, 11) is 2.29. The Morgan fingerprint density at radius 1 is 0.947 bits per heavy atom. The maximum absolute atomic E-state index is 3.64. The molecule has 2 heteroatoms. The second kappa shape index (κ2) is 11.7. The van der Waals surface area contributed by atoms with Crippen molar-refractivity contribution < 1.29 is 0 Å². The molecule has 0 amide bonds. The predicted octanol–water partition coefficient (Wildman–Crippen LogP) is 4.20. The van der Waals surface area contributed by atoms with Crippen LogP contribution in [0.4, 0.5) is 0 Å². The Bertz CT molecular complexity index is 188. The minimum atomic E-state index is 0.797. The third-order valence-corrected chi connectivity index (χ3v) is 4.42. The van der Waals surface area contributed by atoms with Crippen LogP contribution in [0.2, 0.25) is 0 Å². The summed E-state index contributed by atoms with van der Waals surface area (Å²) in [5, 5.41) is 3.64. The second-order valence-electron chi connectivity index (χ2n) is 6.36. The standard InChI is InChI=1S/C17H36N2/c1-3-4-5-6-7-8-11-15-19(2)16-13-17-12-9-10-14-18-17/h17-18H,3-16H2,1-2H3. The molecule has 1 rings (SSSR count). The lowest BCUT2D eigenvalue weighted by atomic mass is 10.0. The van der Waals surface area contributed by atoms with Gasteiger partial charge in [0.15, 0.2) is 0 Å². The molecule has 0 aromatic heterocycles. The van der Waals surface area contributed by atoms with E-state index < -0.39 is 0 Å². The summed E-state index contributed by atoms with van der Waals surface area (Å²) in [4.78, 5) is 2.53.